The van der Waals surface area contributed by atoms with E-state index in [2.05, 4.69) is 41.2 Å². The van der Waals surface area contributed by atoms with E-state index in [1.807, 2.05) is 28.9 Å². The van der Waals surface area contributed by atoms with Gasteiger partial charge >= 0.3 is 0 Å². The van der Waals surface area contributed by atoms with E-state index in [0.717, 1.165) is 43.3 Å². The lowest BCUT2D eigenvalue weighted by molar-refractivity contribution is -0.927. The predicted molar refractivity (Wildman–Crippen MR) is 110 cm³/mol. The molecule has 1 atom stereocenters. The maximum absolute atomic E-state index is 13.6. The second kappa shape index (κ2) is 8.10. The molecule has 0 radical (unpaired) electrons. The lowest BCUT2D eigenvalue weighted by atomic mass is 10.0. The van der Waals surface area contributed by atoms with E-state index in [1.54, 1.807) is 0 Å². The molecule has 8 heteroatoms. The van der Waals surface area contributed by atoms with Crippen LogP contribution in [0.25, 0.3) is 0 Å². The number of aromatic nitrogens is 4. The summed E-state index contributed by atoms with van der Waals surface area (Å²) >= 11 is 0. The minimum atomic E-state index is -0.271. The van der Waals surface area contributed by atoms with Gasteiger partial charge in [-0.3, -0.25) is 0 Å². The van der Waals surface area contributed by atoms with E-state index >= 15 is 0 Å². The van der Waals surface area contributed by atoms with Gasteiger partial charge in [0.05, 0.1) is 31.7 Å². The highest BCUT2D eigenvalue weighted by atomic mass is 19.1. The van der Waals surface area contributed by atoms with Crippen LogP contribution in [0.2, 0.25) is 0 Å². The molecule has 30 heavy (non-hydrogen) atoms. The fraction of sp³-hybridized carbons (Fsp3) is 0.409. The molecule has 4 rings (SSSR count). The third kappa shape index (κ3) is 4.18. The van der Waals surface area contributed by atoms with Crippen LogP contribution in [0.3, 0.4) is 0 Å². The highest BCUT2D eigenvalue weighted by Crippen LogP contribution is 2.23. The van der Waals surface area contributed by atoms with Crippen molar-refractivity contribution in [3.8, 4) is 0 Å². The normalized spacial score (nSPS) is 16.6. The van der Waals surface area contributed by atoms with E-state index in [1.165, 1.54) is 29.2 Å². The molecule has 1 aliphatic rings. The standard InChI is InChI=1S/C22H26F2N6/c1-22(2,3)30-21(25-26-27-30)20(16-4-6-17(23)7-5-16)29-14-12-28(13-15-29)19-10-8-18(24)9-11-19/h4-11,20H,12-15H2,1-3H3/p+1/t20-/m1/s1. The van der Waals surface area contributed by atoms with Crippen LogP contribution >= 0.6 is 0 Å². The highest BCUT2D eigenvalue weighted by molar-refractivity contribution is 5.46. The minimum Gasteiger partial charge on any atom is -0.360 e. The molecular weight excluding hydrogens is 386 g/mol. The van der Waals surface area contributed by atoms with Gasteiger partial charge in [-0.1, -0.05) is 0 Å². The van der Waals surface area contributed by atoms with Crippen LogP contribution in [-0.2, 0) is 5.54 Å². The number of nitrogens with one attached hydrogen (secondary N) is 1. The van der Waals surface area contributed by atoms with Crippen molar-refractivity contribution in [2.24, 2.45) is 0 Å². The van der Waals surface area contributed by atoms with Gasteiger partial charge in [-0.15, -0.1) is 5.10 Å². The van der Waals surface area contributed by atoms with Crippen LogP contribution in [0.1, 0.15) is 38.2 Å². The Bertz CT molecular complexity index is 970. The van der Waals surface area contributed by atoms with E-state index in [0.29, 0.717) is 0 Å². The van der Waals surface area contributed by atoms with Gasteiger partial charge in [0.25, 0.3) is 0 Å². The molecule has 1 aliphatic heterocycles. The number of hydrogen-bond acceptors (Lipinski definition) is 4. The summed E-state index contributed by atoms with van der Waals surface area (Å²) in [5.74, 6) is 0.289. The van der Waals surface area contributed by atoms with E-state index in [9.17, 15) is 8.78 Å². The number of hydrogen-bond donors (Lipinski definition) is 1. The van der Waals surface area contributed by atoms with Crippen molar-refractivity contribution in [2.75, 3.05) is 31.1 Å². The topological polar surface area (TPSA) is 51.3 Å². The molecule has 0 amide bonds. The Balaban J connectivity index is 1.62. The molecule has 0 saturated carbocycles. The van der Waals surface area contributed by atoms with Crippen molar-refractivity contribution in [2.45, 2.75) is 32.4 Å². The Labute approximate surface area is 175 Å². The molecule has 1 aromatic heterocycles. The summed E-state index contributed by atoms with van der Waals surface area (Å²) < 4.78 is 28.7. The summed E-state index contributed by atoms with van der Waals surface area (Å²) in [6.07, 6.45) is 0. The third-order valence-electron chi connectivity index (χ3n) is 5.60. The maximum atomic E-state index is 13.6. The zero-order chi connectivity index (χ0) is 21.3. The van der Waals surface area contributed by atoms with Gasteiger partial charge in [0.1, 0.15) is 11.6 Å². The molecule has 2 heterocycles. The molecule has 158 valence electrons. The molecule has 1 fully saturated rings. The summed E-state index contributed by atoms with van der Waals surface area (Å²) in [5.41, 5.74) is 1.74. The number of quaternary nitrogens is 1. The second-order valence-corrected chi connectivity index (χ2v) is 8.73. The smallest absolute Gasteiger partial charge is 0.214 e. The summed E-state index contributed by atoms with van der Waals surface area (Å²) in [7, 11) is 0. The molecule has 2 aromatic carbocycles. The maximum Gasteiger partial charge on any atom is 0.214 e. The van der Waals surface area contributed by atoms with Crippen LogP contribution in [-0.4, -0.2) is 46.4 Å². The van der Waals surface area contributed by atoms with Gasteiger partial charge in [-0.05, 0) is 79.7 Å². The number of rotatable bonds is 4. The Morgan fingerprint density at radius 3 is 2.03 bits per heavy atom. The lowest BCUT2D eigenvalue weighted by Crippen LogP contribution is -3.15. The fourth-order valence-corrected chi connectivity index (χ4v) is 4.07. The summed E-state index contributed by atoms with van der Waals surface area (Å²) in [4.78, 5) is 3.58. The van der Waals surface area contributed by atoms with Gasteiger partial charge < -0.3 is 9.80 Å². The monoisotopic (exact) mass is 413 g/mol. The SMILES string of the molecule is CC(C)(C)n1nnnc1[C@@H](c1ccc(F)cc1)[NH+]1CCN(c2ccc(F)cc2)CC1. The molecular formula is C22H27F2N6+. The van der Waals surface area contributed by atoms with Crippen molar-refractivity contribution < 1.29 is 13.7 Å². The average molecular weight is 413 g/mol. The van der Waals surface area contributed by atoms with Gasteiger partial charge in [-0.2, -0.15) is 0 Å². The van der Waals surface area contributed by atoms with Crippen LogP contribution in [0.4, 0.5) is 14.5 Å². The van der Waals surface area contributed by atoms with E-state index < -0.39 is 0 Å². The number of halogens is 2. The third-order valence-corrected chi connectivity index (χ3v) is 5.60. The van der Waals surface area contributed by atoms with Crippen LogP contribution in [0, 0.1) is 11.6 Å². The Hall–Kier alpha value is -2.87. The Kier molecular flexibility index (Phi) is 5.51. The van der Waals surface area contributed by atoms with Gasteiger partial charge in [0.2, 0.25) is 5.82 Å². The van der Waals surface area contributed by atoms with E-state index in [-0.39, 0.29) is 23.2 Å². The lowest BCUT2D eigenvalue weighted by Gasteiger charge is -2.37. The van der Waals surface area contributed by atoms with Crippen molar-refractivity contribution in [3.05, 3.63) is 71.6 Å². The zero-order valence-electron chi connectivity index (χ0n) is 17.5. The summed E-state index contributed by atoms with van der Waals surface area (Å²) in [6.45, 7) is 9.57. The van der Waals surface area contributed by atoms with E-state index in [4.69, 9.17) is 0 Å². The number of piperazine rings is 1. The average Bonchev–Trinajstić information content (AvgIpc) is 3.21. The van der Waals surface area contributed by atoms with Gasteiger partial charge in [0, 0.05) is 11.3 Å². The Morgan fingerprint density at radius 2 is 1.47 bits per heavy atom. The highest BCUT2D eigenvalue weighted by Gasteiger charge is 2.36. The number of anilines is 1. The first-order chi connectivity index (χ1) is 14.3. The number of benzene rings is 2. The minimum absolute atomic E-state index is 0.102. The molecule has 3 aromatic rings. The molecule has 1 saturated heterocycles. The van der Waals surface area contributed by atoms with Crippen molar-refractivity contribution in [1.82, 2.24) is 20.2 Å². The van der Waals surface area contributed by atoms with Gasteiger partial charge in [0.15, 0.2) is 6.04 Å². The van der Waals surface area contributed by atoms with Crippen LogP contribution in [0.15, 0.2) is 48.5 Å². The van der Waals surface area contributed by atoms with Crippen molar-refractivity contribution in [1.29, 1.82) is 0 Å². The fourth-order valence-electron chi connectivity index (χ4n) is 4.07. The predicted octanol–water partition coefficient (Wildman–Crippen LogP) is 2.20. The molecule has 6 nitrogen and oxygen atoms in total. The zero-order valence-corrected chi connectivity index (χ0v) is 17.5. The number of tetrazole rings is 1. The number of nitrogens with zero attached hydrogens (tertiary/aromatic N) is 5. The first kappa shape index (κ1) is 20.4. The first-order valence-corrected chi connectivity index (χ1v) is 10.2. The molecule has 0 unspecified atom stereocenters. The molecule has 1 N–H and O–H groups in total. The first-order valence-electron chi connectivity index (χ1n) is 10.2. The molecule has 0 spiro atoms. The van der Waals surface area contributed by atoms with Crippen LogP contribution < -0.4 is 9.80 Å². The summed E-state index contributed by atoms with van der Waals surface area (Å²) in [5, 5.41) is 12.6. The largest absolute Gasteiger partial charge is 0.360 e. The van der Waals surface area contributed by atoms with Gasteiger partial charge in [-0.25, -0.2) is 13.5 Å². The quantitative estimate of drug-likeness (QED) is 0.713. The van der Waals surface area contributed by atoms with Crippen molar-refractivity contribution >= 4 is 5.69 Å². The molecule has 0 aliphatic carbocycles. The van der Waals surface area contributed by atoms with Crippen LogP contribution in [0.5, 0.6) is 0 Å². The Morgan fingerprint density at radius 1 is 0.900 bits per heavy atom. The molecule has 0 bridgehead atoms. The second-order valence-electron chi connectivity index (χ2n) is 8.73. The summed E-state index contributed by atoms with van der Waals surface area (Å²) in [6, 6.07) is 13.1. The van der Waals surface area contributed by atoms with Crippen molar-refractivity contribution in [3.63, 3.8) is 0 Å².